The monoisotopic (exact) mass is 284 g/mol. The normalized spacial score (nSPS) is 14.9. The van der Waals surface area contributed by atoms with E-state index in [9.17, 15) is 0 Å². The standard InChI is InChI=1S/C15H16N4S/c16-9-11-6-7-14(8-12(11)10-17)19-15(20)18-13-4-2-1-3-5-13/h6-8,13H,1-5H2,(H2,18,19,20). The van der Waals surface area contributed by atoms with E-state index in [1.165, 1.54) is 19.3 Å². The van der Waals surface area contributed by atoms with E-state index < -0.39 is 0 Å². The summed E-state index contributed by atoms with van der Waals surface area (Å²) in [5.41, 5.74) is 1.47. The van der Waals surface area contributed by atoms with Crippen LogP contribution in [0.1, 0.15) is 43.2 Å². The average molecular weight is 284 g/mol. The fraction of sp³-hybridized carbons (Fsp3) is 0.400. The van der Waals surface area contributed by atoms with E-state index >= 15 is 0 Å². The molecule has 0 radical (unpaired) electrons. The molecule has 1 aliphatic carbocycles. The fourth-order valence-corrected chi connectivity index (χ4v) is 2.70. The predicted molar refractivity (Wildman–Crippen MR) is 82.1 cm³/mol. The van der Waals surface area contributed by atoms with Crippen LogP contribution in [-0.4, -0.2) is 11.2 Å². The molecule has 0 saturated heterocycles. The summed E-state index contributed by atoms with van der Waals surface area (Å²) in [6.07, 6.45) is 6.10. The molecule has 1 aromatic rings. The summed E-state index contributed by atoms with van der Waals surface area (Å²) in [7, 11) is 0. The summed E-state index contributed by atoms with van der Waals surface area (Å²) in [5, 5.41) is 24.8. The third-order valence-corrected chi connectivity index (χ3v) is 3.68. The predicted octanol–water partition coefficient (Wildman–Crippen LogP) is 3.05. The molecule has 0 aromatic heterocycles. The van der Waals surface area contributed by atoms with E-state index in [-0.39, 0.29) is 0 Å². The number of thiocarbonyl (C=S) groups is 1. The van der Waals surface area contributed by atoms with Crippen molar-refractivity contribution in [3.05, 3.63) is 29.3 Å². The minimum absolute atomic E-state index is 0.359. The highest BCUT2D eigenvalue weighted by atomic mass is 32.1. The molecule has 20 heavy (non-hydrogen) atoms. The largest absolute Gasteiger partial charge is 0.360 e. The first-order valence-electron chi connectivity index (χ1n) is 6.74. The van der Waals surface area contributed by atoms with E-state index in [1.807, 2.05) is 12.1 Å². The number of anilines is 1. The molecule has 4 nitrogen and oxygen atoms in total. The molecule has 0 amide bonds. The van der Waals surface area contributed by atoms with Crippen LogP contribution in [0, 0.1) is 22.7 Å². The van der Waals surface area contributed by atoms with Crippen molar-refractivity contribution in [2.24, 2.45) is 0 Å². The van der Waals surface area contributed by atoms with Gasteiger partial charge in [0, 0.05) is 11.7 Å². The van der Waals surface area contributed by atoms with Gasteiger partial charge in [0.2, 0.25) is 0 Å². The second-order valence-electron chi connectivity index (χ2n) is 4.92. The molecule has 1 fully saturated rings. The van der Waals surface area contributed by atoms with Gasteiger partial charge in [0.25, 0.3) is 0 Å². The van der Waals surface area contributed by atoms with E-state index in [2.05, 4.69) is 10.6 Å². The molecule has 0 heterocycles. The maximum atomic E-state index is 8.99. The Labute approximate surface area is 124 Å². The fourth-order valence-electron chi connectivity index (χ4n) is 2.41. The molecule has 0 bridgehead atoms. The van der Waals surface area contributed by atoms with Crippen LogP contribution in [0.15, 0.2) is 18.2 Å². The molecule has 2 N–H and O–H groups in total. The lowest BCUT2D eigenvalue weighted by Gasteiger charge is -2.24. The Hall–Kier alpha value is -2.11. The van der Waals surface area contributed by atoms with Crippen LogP contribution >= 0.6 is 12.2 Å². The van der Waals surface area contributed by atoms with Crippen molar-refractivity contribution < 1.29 is 0 Å². The maximum absolute atomic E-state index is 8.99. The van der Waals surface area contributed by atoms with Crippen molar-refractivity contribution in [2.45, 2.75) is 38.1 Å². The SMILES string of the molecule is N#Cc1ccc(NC(=S)NC2CCCCC2)cc1C#N. The summed E-state index contributed by atoms with van der Waals surface area (Å²) in [6, 6.07) is 9.48. The lowest BCUT2D eigenvalue weighted by atomic mass is 9.96. The van der Waals surface area contributed by atoms with Crippen LogP contribution in [0.25, 0.3) is 0 Å². The van der Waals surface area contributed by atoms with E-state index in [0.717, 1.165) is 18.5 Å². The van der Waals surface area contributed by atoms with Crippen LogP contribution < -0.4 is 10.6 Å². The number of hydrogen-bond donors (Lipinski definition) is 2. The molecular weight excluding hydrogens is 268 g/mol. The van der Waals surface area contributed by atoms with Gasteiger partial charge >= 0.3 is 0 Å². The van der Waals surface area contributed by atoms with Gasteiger partial charge in [-0.15, -0.1) is 0 Å². The molecule has 0 aliphatic heterocycles. The van der Waals surface area contributed by atoms with Crippen molar-refractivity contribution in [1.82, 2.24) is 5.32 Å². The van der Waals surface area contributed by atoms with Crippen LogP contribution in [0.2, 0.25) is 0 Å². The number of benzene rings is 1. The Morgan fingerprint density at radius 1 is 1.10 bits per heavy atom. The molecule has 5 heteroatoms. The third-order valence-electron chi connectivity index (χ3n) is 3.46. The van der Waals surface area contributed by atoms with Gasteiger partial charge in [-0.25, -0.2) is 0 Å². The number of rotatable bonds is 2. The van der Waals surface area contributed by atoms with Crippen molar-refractivity contribution >= 4 is 23.0 Å². The van der Waals surface area contributed by atoms with Gasteiger partial charge in [0.1, 0.15) is 12.1 Å². The van der Waals surface area contributed by atoms with E-state index in [0.29, 0.717) is 22.3 Å². The van der Waals surface area contributed by atoms with E-state index in [1.54, 1.807) is 18.2 Å². The van der Waals surface area contributed by atoms with Gasteiger partial charge < -0.3 is 10.6 Å². The van der Waals surface area contributed by atoms with Gasteiger partial charge in [-0.1, -0.05) is 19.3 Å². The Morgan fingerprint density at radius 3 is 2.45 bits per heavy atom. The van der Waals surface area contributed by atoms with Crippen LogP contribution in [0.5, 0.6) is 0 Å². The minimum atomic E-state index is 0.359. The average Bonchev–Trinajstić information content (AvgIpc) is 2.48. The zero-order valence-corrected chi connectivity index (χ0v) is 12.0. The molecular formula is C15H16N4S. The summed E-state index contributed by atoms with van der Waals surface area (Å²) < 4.78 is 0. The Kier molecular flexibility index (Phi) is 4.92. The number of nitrogens with zero attached hydrogens (tertiary/aromatic N) is 2. The highest BCUT2D eigenvalue weighted by Crippen LogP contribution is 2.18. The van der Waals surface area contributed by atoms with Gasteiger partial charge in [0.15, 0.2) is 5.11 Å². The van der Waals surface area contributed by atoms with Crippen LogP contribution in [0.3, 0.4) is 0 Å². The highest BCUT2D eigenvalue weighted by Gasteiger charge is 2.14. The summed E-state index contributed by atoms with van der Waals surface area (Å²) in [5.74, 6) is 0. The molecule has 102 valence electrons. The number of hydrogen-bond acceptors (Lipinski definition) is 3. The molecule has 0 atom stereocenters. The lowest BCUT2D eigenvalue weighted by molar-refractivity contribution is 0.415. The Morgan fingerprint density at radius 2 is 1.80 bits per heavy atom. The number of nitriles is 2. The van der Waals surface area contributed by atoms with Gasteiger partial charge in [-0.2, -0.15) is 10.5 Å². The zero-order valence-electron chi connectivity index (χ0n) is 11.1. The number of nitrogens with one attached hydrogen (secondary N) is 2. The Bertz CT molecular complexity index is 577. The summed E-state index contributed by atoms with van der Waals surface area (Å²) in [4.78, 5) is 0. The van der Waals surface area contributed by atoms with Crippen molar-refractivity contribution in [3.8, 4) is 12.1 Å². The molecule has 1 saturated carbocycles. The van der Waals surface area contributed by atoms with Crippen molar-refractivity contribution in [3.63, 3.8) is 0 Å². The van der Waals surface area contributed by atoms with E-state index in [4.69, 9.17) is 22.7 Å². The topological polar surface area (TPSA) is 71.6 Å². The minimum Gasteiger partial charge on any atom is -0.360 e. The first kappa shape index (κ1) is 14.3. The second kappa shape index (κ2) is 6.88. The van der Waals surface area contributed by atoms with Gasteiger partial charge in [-0.3, -0.25) is 0 Å². The second-order valence-corrected chi connectivity index (χ2v) is 5.33. The first-order valence-corrected chi connectivity index (χ1v) is 7.15. The third kappa shape index (κ3) is 3.69. The van der Waals surface area contributed by atoms with Gasteiger partial charge in [-0.05, 0) is 43.3 Å². The van der Waals surface area contributed by atoms with Gasteiger partial charge in [0.05, 0.1) is 11.1 Å². The lowest BCUT2D eigenvalue weighted by Crippen LogP contribution is -2.38. The van der Waals surface area contributed by atoms with Crippen LogP contribution in [0.4, 0.5) is 5.69 Å². The van der Waals surface area contributed by atoms with Crippen molar-refractivity contribution in [2.75, 3.05) is 5.32 Å². The molecule has 2 rings (SSSR count). The maximum Gasteiger partial charge on any atom is 0.170 e. The molecule has 0 spiro atoms. The smallest absolute Gasteiger partial charge is 0.170 e. The Balaban J connectivity index is 1.97. The molecule has 1 aliphatic rings. The summed E-state index contributed by atoms with van der Waals surface area (Å²) in [6.45, 7) is 0. The summed E-state index contributed by atoms with van der Waals surface area (Å²) >= 11 is 5.29. The molecule has 1 aromatic carbocycles. The van der Waals surface area contributed by atoms with Crippen LogP contribution in [-0.2, 0) is 0 Å². The highest BCUT2D eigenvalue weighted by molar-refractivity contribution is 7.80. The quantitative estimate of drug-likeness (QED) is 0.817. The first-order chi connectivity index (χ1) is 9.72. The van der Waals surface area contributed by atoms with Crippen molar-refractivity contribution in [1.29, 1.82) is 10.5 Å². The molecule has 0 unspecified atom stereocenters. The zero-order chi connectivity index (χ0) is 14.4.